The number of aromatic nitrogens is 2. The molecular formula is C29H34N3O8P. The van der Waals surface area contributed by atoms with E-state index in [-0.39, 0.29) is 31.6 Å². The van der Waals surface area contributed by atoms with Crippen LogP contribution in [0.15, 0.2) is 77.7 Å². The molecule has 5 rings (SSSR count). The maximum absolute atomic E-state index is 14.3. The van der Waals surface area contributed by atoms with E-state index in [9.17, 15) is 19.3 Å². The lowest BCUT2D eigenvalue weighted by atomic mass is 9.96. The van der Waals surface area contributed by atoms with E-state index in [4.69, 9.17) is 24.3 Å². The fourth-order valence-electron chi connectivity index (χ4n) is 5.25. The first-order valence-electron chi connectivity index (χ1n) is 13.6. The minimum Gasteiger partial charge on any atom is -0.466 e. The average molecular weight is 584 g/mol. The molecule has 41 heavy (non-hydrogen) atoms. The van der Waals surface area contributed by atoms with Crippen LogP contribution < -0.4 is 15.9 Å². The lowest BCUT2D eigenvalue weighted by Crippen LogP contribution is -2.34. The number of hydrogen-bond donors (Lipinski definition) is 2. The first kappa shape index (κ1) is 29.0. The van der Waals surface area contributed by atoms with Gasteiger partial charge in [-0.2, -0.15) is 4.98 Å². The van der Waals surface area contributed by atoms with Gasteiger partial charge in [-0.05, 0) is 49.9 Å². The van der Waals surface area contributed by atoms with Crippen LogP contribution in [0.1, 0.15) is 31.6 Å². The molecule has 2 fully saturated rings. The van der Waals surface area contributed by atoms with Gasteiger partial charge in [-0.1, -0.05) is 48.5 Å². The Balaban J connectivity index is 1.37. The van der Waals surface area contributed by atoms with Crippen LogP contribution in [0.2, 0.25) is 0 Å². The molecule has 1 spiro atoms. The highest BCUT2D eigenvalue weighted by molar-refractivity contribution is 7.54. The van der Waals surface area contributed by atoms with Gasteiger partial charge >= 0.3 is 19.3 Å². The number of anilines is 1. The molecule has 1 aromatic heterocycles. The predicted molar refractivity (Wildman–Crippen MR) is 150 cm³/mol. The lowest BCUT2D eigenvalue weighted by molar-refractivity contribution is -0.147. The third kappa shape index (κ3) is 6.54. The van der Waals surface area contributed by atoms with Crippen LogP contribution in [0.5, 0.6) is 5.75 Å². The van der Waals surface area contributed by atoms with Gasteiger partial charge in [0.25, 0.3) is 0 Å². The zero-order valence-electron chi connectivity index (χ0n) is 22.7. The van der Waals surface area contributed by atoms with Gasteiger partial charge < -0.3 is 24.8 Å². The number of nitrogen functional groups attached to an aromatic ring is 1. The number of esters is 1. The molecule has 1 saturated heterocycles. The third-order valence-electron chi connectivity index (χ3n) is 7.48. The Kier molecular flexibility index (Phi) is 8.60. The number of para-hydroxylation sites is 1. The molecule has 1 aliphatic carbocycles. The van der Waals surface area contributed by atoms with Crippen LogP contribution in [-0.4, -0.2) is 52.2 Å². The molecule has 3 aromatic rings. The maximum Gasteiger partial charge on any atom is 0.380 e. The Bertz CT molecular complexity index is 1450. The van der Waals surface area contributed by atoms with Crippen molar-refractivity contribution in [1.82, 2.24) is 9.55 Å². The van der Waals surface area contributed by atoms with Crippen molar-refractivity contribution in [2.24, 2.45) is 11.3 Å². The molecule has 0 radical (unpaired) electrons. The number of aliphatic hydroxyl groups excluding tert-OH is 1. The van der Waals surface area contributed by atoms with Crippen molar-refractivity contribution in [1.29, 1.82) is 0 Å². The molecule has 2 aromatic carbocycles. The van der Waals surface area contributed by atoms with Gasteiger partial charge in [-0.25, -0.2) is 9.36 Å². The van der Waals surface area contributed by atoms with Crippen LogP contribution in [0.25, 0.3) is 0 Å². The van der Waals surface area contributed by atoms with Crippen molar-refractivity contribution in [2.45, 2.75) is 44.6 Å². The summed E-state index contributed by atoms with van der Waals surface area (Å²) >= 11 is 0. The number of carbonyl (C=O) groups is 1. The van der Waals surface area contributed by atoms with Gasteiger partial charge in [-0.3, -0.25) is 13.9 Å². The summed E-state index contributed by atoms with van der Waals surface area (Å²) < 4.78 is 38.9. The van der Waals surface area contributed by atoms with Crippen molar-refractivity contribution in [3.05, 3.63) is 89.0 Å². The molecular weight excluding hydrogens is 549 g/mol. The van der Waals surface area contributed by atoms with E-state index in [0.29, 0.717) is 18.6 Å². The normalized spacial score (nSPS) is 23.0. The zero-order chi connectivity index (χ0) is 29.0. The average Bonchev–Trinajstić information content (AvgIpc) is 3.71. The molecule has 1 saturated carbocycles. The predicted octanol–water partition coefficient (Wildman–Crippen LogP) is 3.57. The molecule has 218 valence electrons. The monoisotopic (exact) mass is 583 g/mol. The summed E-state index contributed by atoms with van der Waals surface area (Å²) in [5, 5.41) is 11.2. The highest BCUT2D eigenvalue weighted by Gasteiger charge is 2.64. The van der Waals surface area contributed by atoms with Crippen molar-refractivity contribution in [3.8, 4) is 5.75 Å². The molecule has 3 N–H and O–H groups in total. The molecule has 12 heteroatoms. The van der Waals surface area contributed by atoms with Crippen molar-refractivity contribution < 1.29 is 33.0 Å². The van der Waals surface area contributed by atoms with Crippen LogP contribution in [-0.2, 0) is 29.8 Å². The number of nitrogens with two attached hydrogens (primary N) is 1. The standard InChI is InChI=1S/C29H34N3O8P/c1-2-37-26(34)21(17-20-9-5-3-6-10-20)19-41(36,40-22-11-7-4-8-12-22)38-18-23-25(33)29(14-15-29)27(39-23)32-16-13-24(30)31-28(32)35/h3-13,16,21,23,25,27,33H,2,14-15,17-19H2,1H3,(H2,30,31,35)/t21-,23-,25-,27-,41?/m1/s1. The minimum atomic E-state index is -4.01. The van der Waals surface area contributed by atoms with Gasteiger partial charge in [0.05, 0.1) is 31.4 Å². The van der Waals surface area contributed by atoms with Gasteiger partial charge in [-0.15, -0.1) is 0 Å². The van der Waals surface area contributed by atoms with E-state index in [2.05, 4.69) is 4.98 Å². The quantitative estimate of drug-likeness (QED) is 0.239. The number of hydrogen-bond acceptors (Lipinski definition) is 10. The number of ether oxygens (including phenoxy) is 2. The Morgan fingerprint density at radius 3 is 2.49 bits per heavy atom. The topological polar surface area (TPSA) is 152 Å². The second kappa shape index (κ2) is 12.2. The van der Waals surface area contributed by atoms with Crippen molar-refractivity contribution in [3.63, 3.8) is 0 Å². The van der Waals surface area contributed by atoms with E-state index in [0.717, 1.165) is 5.56 Å². The van der Waals surface area contributed by atoms with Gasteiger partial charge in [0, 0.05) is 11.6 Å². The summed E-state index contributed by atoms with van der Waals surface area (Å²) in [6.07, 6.45) is 0.0787. The van der Waals surface area contributed by atoms with E-state index >= 15 is 0 Å². The van der Waals surface area contributed by atoms with E-state index in [1.54, 1.807) is 37.3 Å². The smallest absolute Gasteiger partial charge is 0.380 e. The molecule has 1 unspecified atom stereocenters. The summed E-state index contributed by atoms with van der Waals surface area (Å²) in [5.41, 5.74) is 5.22. The number of carbonyl (C=O) groups excluding carboxylic acids is 1. The number of benzene rings is 2. The summed E-state index contributed by atoms with van der Waals surface area (Å²) in [4.78, 5) is 29.3. The number of aliphatic hydroxyl groups is 1. The van der Waals surface area contributed by atoms with Crippen molar-refractivity contribution >= 4 is 19.4 Å². The Hall–Kier alpha value is -3.50. The second-order valence-electron chi connectivity index (χ2n) is 10.4. The fourth-order valence-corrected chi connectivity index (χ4v) is 7.12. The SMILES string of the molecule is CCOC(=O)[C@H](Cc1ccccc1)CP(=O)(OC[C@H]1O[C@@H](n2ccc(N)nc2=O)C2(CC2)[C@@H]1O)Oc1ccccc1. The van der Waals surface area contributed by atoms with Crippen LogP contribution in [0, 0.1) is 11.3 Å². The molecule has 5 atom stereocenters. The largest absolute Gasteiger partial charge is 0.466 e. The van der Waals surface area contributed by atoms with Crippen LogP contribution in [0.4, 0.5) is 5.82 Å². The highest BCUT2D eigenvalue weighted by Crippen LogP contribution is 2.62. The molecule has 0 bridgehead atoms. The van der Waals surface area contributed by atoms with Crippen LogP contribution >= 0.6 is 7.60 Å². The van der Waals surface area contributed by atoms with E-state index in [1.165, 1.54) is 16.8 Å². The molecule has 2 aliphatic rings. The first-order chi connectivity index (χ1) is 19.7. The van der Waals surface area contributed by atoms with Crippen LogP contribution in [0.3, 0.4) is 0 Å². The zero-order valence-corrected chi connectivity index (χ0v) is 23.6. The summed E-state index contributed by atoms with van der Waals surface area (Å²) in [6.45, 7) is 1.58. The molecule has 11 nitrogen and oxygen atoms in total. The Morgan fingerprint density at radius 1 is 1.17 bits per heavy atom. The second-order valence-corrected chi connectivity index (χ2v) is 12.4. The summed E-state index contributed by atoms with van der Waals surface area (Å²) in [5.74, 6) is -0.938. The van der Waals surface area contributed by atoms with E-state index in [1.807, 2.05) is 30.3 Å². The van der Waals surface area contributed by atoms with E-state index < -0.39 is 49.0 Å². The minimum absolute atomic E-state index is 0.0835. The first-order valence-corrected chi connectivity index (χ1v) is 15.3. The highest BCUT2D eigenvalue weighted by atomic mass is 31.2. The number of rotatable bonds is 12. The van der Waals surface area contributed by atoms with Gasteiger partial charge in [0.2, 0.25) is 0 Å². The number of nitrogens with zero attached hydrogens (tertiary/aromatic N) is 2. The van der Waals surface area contributed by atoms with Gasteiger partial charge in [0.15, 0.2) is 0 Å². The Labute approximate surface area is 237 Å². The summed E-state index contributed by atoms with van der Waals surface area (Å²) in [7, 11) is -4.01. The summed E-state index contributed by atoms with van der Waals surface area (Å²) in [6, 6.07) is 19.4. The fraction of sp³-hybridized carbons (Fsp3) is 0.414. The van der Waals surface area contributed by atoms with Gasteiger partial charge in [0.1, 0.15) is 23.9 Å². The maximum atomic E-state index is 14.3. The van der Waals surface area contributed by atoms with Crippen molar-refractivity contribution in [2.75, 3.05) is 25.1 Å². The molecule has 1 aliphatic heterocycles. The Morgan fingerprint density at radius 2 is 1.85 bits per heavy atom. The third-order valence-corrected chi connectivity index (χ3v) is 9.40. The lowest BCUT2D eigenvalue weighted by Gasteiger charge is -2.25. The molecule has 0 amide bonds. The molecule has 2 heterocycles.